The number of benzene rings is 3. The fourth-order valence-corrected chi connectivity index (χ4v) is 7.62. The zero-order valence-corrected chi connectivity index (χ0v) is 19.3. The van der Waals surface area contributed by atoms with Gasteiger partial charge in [0.05, 0.1) is 28.4 Å². The van der Waals surface area contributed by atoms with Gasteiger partial charge in [-0.1, -0.05) is 70.4 Å². The molecule has 34 heavy (non-hydrogen) atoms. The number of alkyl halides is 3. The molecule has 0 spiro atoms. The highest BCUT2D eigenvalue weighted by Crippen LogP contribution is 2.40. The summed E-state index contributed by atoms with van der Waals surface area (Å²) in [6, 6.07) is 17.8. The van der Waals surface area contributed by atoms with Gasteiger partial charge >= 0.3 is 6.18 Å². The maximum atomic E-state index is 14.0. The Kier molecular flexibility index (Phi) is 7.81. The van der Waals surface area contributed by atoms with Gasteiger partial charge in [-0.05, 0) is 36.2 Å². The summed E-state index contributed by atoms with van der Waals surface area (Å²) in [5.74, 6) is -2.22. The molecule has 0 radical (unpaired) electrons. The maximum Gasteiger partial charge on any atom is 0.395 e. The fourth-order valence-electron chi connectivity index (χ4n) is 3.56. The molecule has 3 aromatic carbocycles. The molecule has 182 valence electrons. The topological polar surface area (TPSA) is 91.8 Å². The Morgan fingerprint density at radius 3 is 1.44 bits per heavy atom. The smallest absolute Gasteiger partial charge is 0.395 e. The summed E-state index contributed by atoms with van der Waals surface area (Å²) in [5, 5.41) is 10.0. The summed E-state index contributed by atoms with van der Waals surface area (Å²) in [7, 11) is -9.75. The van der Waals surface area contributed by atoms with Crippen molar-refractivity contribution in [1.82, 2.24) is 3.71 Å². The van der Waals surface area contributed by atoms with E-state index in [9.17, 15) is 35.1 Å². The normalized spacial score (nSPS) is 14.6. The summed E-state index contributed by atoms with van der Waals surface area (Å²) in [5.41, 5.74) is -0.178. The minimum Gasteiger partial charge on any atom is -0.395 e. The summed E-state index contributed by atoms with van der Waals surface area (Å²) in [4.78, 5) is -0.868. The number of sulfonamides is 2. The number of hydrogen-bond donors (Lipinski definition) is 1. The second-order valence-corrected chi connectivity index (χ2v) is 11.3. The molecule has 2 unspecified atom stereocenters. The molecule has 0 saturated carbocycles. The van der Waals surface area contributed by atoms with Gasteiger partial charge in [-0.2, -0.15) is 13.2 Å². The van der Waals surface area contributed by atoms with Crippen LogP contribution in [0.25, 0.3) is 0 Å². The number of aliphatic hydroxyl groups excluding tert-OH is 1. The fraction of sp³-hybridized carbons (Fsp3) is 0.217. The zero-order chi connectivity index (χ0) is 25.0. The average Bonchev–Trinajstić information content (AvgIpc) is 2.82. The molecule has 11 heteroatoms. The van der Waals surface area contributed by atoms with Crippen LogP contribution in [-0.2, 0) is 20.0 Å². The molecule has 0 saturated heterocycles. The summed E-state index contributed by atoms with van der Waals surface area (Å²) < 4.78 is 95.9. The van der Waals surface area contributed by atoms with Crippen LogP contribution < -0.4 is 0 Å². The van der Waals surface area contributed by atoms with Crippen LogP contribution in [0.1, 0.15) is 17.9 Å². The van der Waals surface area contributed by atoms with E-state index >= 15 is 0 Å². The van der Waals surface area contributed by atoms with Crippen LogP contribution in [0.4, 0.5) is 13.2 Å². The molecule has 2 atom stereocenters. The lowest BCUT2D eigenvalue weighted by Crippen LogP contribution is -2.47. The highest BCUT2D eigenvalue weighted by molar-refractivity contribution is 8.04. The number of nitrogens with zero attached hydrogens (tertiary/aromatic N) is 1. The Bertz CT molecular complexity index is 1220. The predicted octanol–water partition coefficient (Wildman–Crippen LogP) is 4.16. The number of hydrogen-bond acceptors (Lipinski definition) is 5. The van der Waals surface area contributed by atoms with Crippen LogP contribution in [0, 0.1) is 0 Å². The average molecular weight is 514 g/mol. The van der Waals surface area contributed by atoms with Gasteiger partial charge in [-0.3, -0.25) is 0 Å². The Morgan fingerprint density at radius 2 is 1.09 bits per heavy atom. The second-order valence-electron chi connectivity index (χ2n) is 7.44. The van der Waals surface area contributed by atoms with Gasteiger partial charge in [0.15, 0.2) is 0 Å². The molecule has 0 bridgehead atoms. The van der Waals surface area contributed by atoms with Gasteiger partial charge in [0.1, 0.15) is 0 Å². The molecule has 0 amide bonds. The Balaban J connectivity index is 2.18. The third-order valence-electron chi connectivity index (χ3n) is 5.17. The molecular weight excluding hydrogens is 491 g/mol. The van der Waals surface area contributed by atoms with E-state index in [4.69, 9.17) is 0 Å². The van der Waals surface area contributed by atoms with Gasteiger partial charge in [-0.15, -0.1) is 0 Å². The van der Waals surface area contributed by atoms with Crippen LogP contribution in [0.5, 0.6) is 0 Å². The first-order valence-electron chi connectivity index (χ1n) is 10.1. The Hall–Kier alpha value is -2.73. The van der Waals surface area contributed by atoms with Gasteiger partial charge in [0.25, 0.3) is 20.0 Å². The van der Waals surface area contributed by atoms with E-state index < -0.39 is 61.0 Å². The molecule has 0 fully saturated rings. The van der Waals surface area contributed by atoms with Crippen molar-refractivity contribution in [3.63, 3.8) is 0 Å². The lowest BCUT2D eigenvalue weighted by molar-refractivity contribution is -0.154. The van der Waals surface area contributed by atoms with Crippen molar-refractivity contribution in [3.05, 3.63) is 96.6 Å². The predicted molar refractivity (Wildman–Crippen MR) is 120 cm³/mol. The van der Waals surface area contributed by atoms with E-state index in [-0.39, 0.29) is 9.27 Å². The first-order chi connectivity index (χ1) is 16.0. The highest BCUT2D eigenvalue weighted by atomic mass is 32.3. The summed E-state index contributed by atoms with van der Waals surface area (Å²) in [6.45, 7) is -1.16. The second kappa shape index (κ2) is 10.3. The minimum absolute atomic E-state index is 0.00630. The molecule has 0 aliphatic heterocycles. The molecule has 0 aliphatic carbocycles. The summed E-state index contributed by atoms with van der Waals surface area (Å²) >= 11 is 0. The highest BCUT2D eigenvalue weighted by Gasteiger charge is 2.48. The monoisotopic (exact) mass is 513 g/mol. The van der Waals surface area contributed by atoms with Crippen molar-refractivity contribution >= 4 is 20.0 Å². The Morgan fingerprint density at radius 1 is 0.706 bits per heavy atom. The van der Waals surface area contributed by atoms with Gasteiger partial charge in [0.2, 0.25) is 0 Å². The largest absolute Gasteiger partial charge is 0.395 e. The maximum absolute atomic E-state index is 14.0. The van der Waals surface area contributed by atoms with Crippen LogP contribution >= 0.6 is 0 Å². The first-order valence-corrected chi connectivity index (χ1v) is 13.0. The van der Waals surface area contributed by atoms with Crippen molar-refractivity contribution in [3.8, 4) is 0 Å². The molecule has 0 heterocycles. The van der Waals surface area contributed by atoms with Crippen molar-refractivity contribution < 1.29 is 35.1 Å². The molecular formula is C23H22F3NO5S2. The van der Waals surface area contributed by atoms with E-state index in [0.29, 0.717) is 0 Å². The van der Waals surface area contributed by atoms with Crippen LogP contribution in [-0.4, -0.2) is 44.5 Å². The SMILES string of the molecule is O=S(=O)(c1ccccc1)N(C(CO)CC(c1ccccc1)C(F)(F)F)S(=O)(=O)c1ccccc1. The van der Waals surface area contributed by atoms with Gasteiger partial charge in [-0.25, -0.2) is 16.8 Å². The molecule has 6 nitrogen and oxygen atoms in total. The van der Waals surface area contributed by atoms with E-state index in [2.05, 4.69) is 0 Å². The van der Waals surface area contributed by atoms with Crippen molar-refractivity contribution in [2.45, 2.75) is 34.3 Å². The minimum atomic E-state index is -4.87. The first kappa shape index (κ1) is 25.9. The Labute approximate surface area is 196 Å². The van der Waals surface area contributed by atoms with E-state index in [0.717, 1.165) is 24.3 Å². The number of rotatable bonds is 9. The summed E-state index contributed by atoms with van der Waals surface area (Å²) in [6.07, 6.45) is -5.84. The van der Waals surface area contributed by atoms with Crippen molar-refractivity contribution in [1.29, 1.82) is 0 Å². The standard InChI is InChI=1S/C23H22F3NO5S2/c24-23(25,26)22(18-10-4-1-5-11-18)16-19(17-28)27(33(29,30)20-12-6-2-7-13-20)34(31,32)21-14-8-3-9-15-21/h1-15,19,22,28H,16-17H2. The van der Waals surface area contributed by atoms with Crippen molar-refractivity contribution in [2.24, 2.45) is 0 Å². The quantitative estimate of drug-likeness (QED) is 0.464. The number of halogens is 3. The third kappa shape index (κ3) is 5.49. The van der Waals surface area contributed by atoms with E-state index in [1.54, 1.807) is 0 Å². The van der Waals surface area contributed by atoms with Crippen molar-refractivity contribution in [2.75, 3.05) is 6.61 Å². The number of aliphatic hydroxyl groups is 1. The van der Waals surface area contributed by atoms with Gasteiger partial charge < -0.3 is 5.11 Å². The molecule has 3 rings (SSSR count). The molecule has 0 aliphatic rings. The van der Waals surface area contributed by atoms with Gasteiger partial charge in [0, 0.05) is 0 Å². The van der Waals surface area contributed by atoms with Crippen LogP contribution in [0.2, 0.25) is 0 Å². The zero-order valence-electron chi connectivity index (χ0n) is 17.7. The lowest BCUT2D eigenvalue weighted by atomic mass is 9.92. The lowest BCUT2D eigenvalue weighted by Gasteiger charge is -2.32. The van der Waals surface area contributed by atoms with Crippen LogP contribution in [0.3, 0.4) is 0 Å². The van der Waals surface area contributed by atoms with E-state index in [1.807, 2.05) is 0 Å². The molecule has 1 N–H and O–H groups in total. The van der Waals surface area contributed by atoms with E-state index in [1.165, 1.54) is 66.7 Å². The third-order valence-corrected chi connectivity index (χ3v) is 9.63. The molecule has 0 aromatic heterocycles. The van der Waals surface area contributed by atoms with Crippen LogP contribution in [0.15, 0.2) is 101 Å². The molecule has 3 aromatic rings.